The summed E-state index contributed by atoms with van der Waals surface area (Å²) in [5.74, 6) is -0.248. The van der Waals surface area contributed by atoms with Crippen LogP contribution in [0.2, 0.25) is 0 Å². The molecule has 2 aromatic rings. The molecule has 0 saturated heterocycles. The van der Waals surface area contributed by atoms with E-state index in [-0.39, 0.29) is 16.9 Å². The summed E-state index contributed by atoms with van der Waals surface area (Å²) in [4.78, 5) is 25.2. The van der Waals surface area contributed by atoms with E-state index in [9.17, 15) is 14.9 Å². The van der Waals surface area contributed by atoms with Crippen LogP contribution in [0.3, 0.4) is 0 Å². The minimum Gasteiger partial charge on any atom is -0.478 e. The van der Waals surface area contributed by atoms with Crippen LogP contribution < -0.4 is 5.32 Å². The van der Waals surface area contributed by atoms with E-state index in [1.807, 2.05) is 0 Å². The van der Waals surface area contributed by atoms with Crippen LogP contribution in [0.15, 0.2) is 22.7 Å². The van der Waals surface area contributed by atoms with Gasteiger partial charge in [-0.1, -0.05) is 5.16 Å². The van der Waals surface area contributed by atoms with Crippen LogP contribution in [0.25, 0.3) is 0 Å². The number of carboxylic acid groups (broad SMARTS) is 1. The van der Waals surface area contributed by atoms with Crippen LogP contribution in [0.1, 0.15) is 22.1 Å². The number of benzene rings is 1. The lowest BCUT2D eigenvalue weighted by Gasteiger charge is -2.06. The van der Waals surface area contributed by atoms with E-state index < -0.39 is 10.9 Å². The first-order chi connectivity index (χ1) is 9.97. The molecule has 0 aliphatic carbocycles. The summed E-state index contributed by atoms with van der Waals surface area (Å²) >= 11 is 0. The van der Waals surface area contributed by atoms with Gasteiger partial charge in [0.05, 0.1) is 10.5 Å². The first kappa shape index (κ1) is 14.4. The SMILES string of the molecule is Cc1nc(CCNc2cc(C(=O)O)ccc2[N+](=O)[O-])no1. The Labute approximate surface area is 118 Å². The van der Waals surface area contributed by atoms with Crippen LogP contribution in [0.4, 0.5) is 11.4 Å². The van der Waals surface area contributed by atoms with Gasteiger partial charge in [-0.3, -0.25) is 10.1 Å². The number of aromatic nitrogens is 2. The van der Waals surface area contributed by atoms with E-state index in [0.717, 1.165) is 6.07 Å². The monoisotopic (exact) mass is 292 g/mol. The van der Waals surface area contributed by atoms with Crippen molar-refractivity contribution in [2.45, 2.75) is 13.3 Å². The number of carboxylic acids is 1. The number of nitro benzene ring substituents is 1. The molecule has 21 heavy (non-hydrogen) atoms. The van der Waals surface area contributed by atoms with Gasteiger partial charge in [-0.05, 0) is 12.1 Å². The van der Waals surface area contributed by atoms with E-state index in [1.165, 1.54) is 12.1 Å². The molecule has 2 N–H and O–H groups in total. The number of aromatic carboxylic acids is 1. The molecule has 0 aliphatic rings. The zero-order chi connectivity index (χ0) is 15.4. The van der Waals surface area contributed by atoms with E-state index in [1.54, 1.807) is 6.92 Å². The Balaban J connectivity index is 2.11. The first-order valence-electron chi connectivity index (χ1n) is 6.02. The maximum absolute atomic E-state index is 10.9. The van der Waals surface area contributed by atoms with E-state index >= 15 is 0 Å². The summed E-state index contributed by atoms with van der Waals surface area (Å²) in [6.45, 7) is 1.97. The van der Waals surface area contributed by atoms with Crippen molar-refractivity contribution >= 4 is 17.3 Å². The molecule has 0 aliphatic heterocycles. The molecule has 9 heteroatoms. The maximum Gasteiger partial charge on any atom is 0.335 e. The molecule has 1 aromatic carbocycles. The Bertz CT molecular complexity index is 682. The van der Waals surface area contributed by atoms with Crippen molar-refractivity contribution < 1.29 is 19.3 Å². The summed E-state index contributed by atoms with van der Waals surface area (Å²) in [7, 11) is 0. The van der Waals surface area contributed by atoms with Gasteiger partial charge in [0.15, 0.2) is 5.82 Å². The summed E-state index contributed by atoms with van der Waals surface area (Å²) in [6.07, 6.45) is 0.395. The zero-order valence-corrected chi connectivity index (χ0v) is 11.1. The lowest BCUT2D eigenvalue weighted by molar-refractivity contribution is -0.384. The van der Waals surface area contributed by atoms with Crippen molar-refractivity contribution in [3.63, 3.8) is 0 Å². The minimum atomic E-state index is -1.15. The van der Waals surface area contributed by atoms with Gasteiger partial charge in [0.1, 0.15) is 5.69 Å². The average molecular weight is 292 g/mol. The summed E-state index contributed by atoms with van der Waals surface area (Å²) in [5.41, 5.74) is -0.0806. The first-order valence-corrected chi connectivity index (χ1v) is 6.02. The van der Waals surface area contributed by atoms with Crippen molar-refractivity contribution in [3.8, 4) is 0 Å². The van der Waals surface area contributed by atoms with Crippen molar-refractivity contribution in [2.24, 2.45) is 0 Å². The third kappa shape index (κ3) is 3.53. The third-order valence-corrected chi connectivity index (χ3v) is 2.67. The van der Waals surface area contributed by atoms with Crippen LogP contribution >= 0.6 is 0 Å². The predicted molar refractivity (Wildman–Crippen MR) is 71.3 cm³/mol. The highest BCUT2D eigenvalue weighted by molar-refractivity contribution is 5.90. The molecular weight excluding hydrogens is 280 g/mol. The second-order valence-electron chi connectivity index (χ2n) is 4.20. The number of rotatable bonds is 6. The number of carbonyl (C=O) groups is 1. The van der Waals surface area contributed by atoms with Gasteiger partial charge >= 0.3 is 5.97 Å². The van der Waals surface area contributed by atoms with Crippen LogP contribution in [0, 0.1) is 17.0 Å². The Morgan fingerprint density at radius 2 is 2.29 bits per heavy atom. The van der Waals surface area contributed by atoms with Gasteiger partial charge < -0.3 is 14.9 Å². The van der Waals surface area contributed by atoms with Crippen LogP contribution in [-0.4, -0.2) is 32.7 Å². The van der Waals surface area contributed by atoms with Crippen molar-refractivity contribution in [3.05, 3.63) is 45.6 Å². The molecule has 0 amide bonds. The highest BCUT2D eigenvalue weighted by atomic mass is 16.6. The van der Waals surface area contributed by atoms with Crippen molar-refractivity contribution in [2.75, 3.05) is 11.9 Å². The molecule has 9 nitrogen and oxygen atoms in total. The van der Waals surface area contributed by atoms with Gasteiger partial charge in [0.2, 0.25) is 5.89 Å². The largest absolute Gasteiger partial charge is 0.478 e. The van der Waals surface area contributed by atoms with Gasteiger partial charge in [-0.15, -0.1) is 0 Å². The van der Waals surface area contributed by atoms with Gasteiger partial charge in [-0.25, -0.2) is 4.79 Å². The quantitative estimate of drug-likeness (QED) is 0.606. The van der Waals surface area contributed by atoms with E-state index in [0.29, 0.717) is 24.7 Å². The summed E-state index contributed by atoms with van der Waals surface area (Å²) in [6, 6.07) is 3.57. The standard InChI is InChI=1S/C12H12N4O5/c1-7-14-11(15-21-7)4-5-13-9-6-8(12(17)18)2-3-10(9)16(19)20/h2-3,6,13H,4-5H2,1H3,(H,17,18). The van der Waals surface area contributed by atoms with Gasteiger partial charge in [0.25, 0.3) is 5.69 Å². The molecule has 2 rings (SSSR count). The minimum absolute atomic E-state index is 0.0292. The Morgan fingerprint density at radius 3 is 2.86 bits per heavy atom. The van der Waals surface area contributed by atoms with Gasteiger partial charge in [0, 0.05) is 26.0 Å². The molecule has 0 bridgehead atoms. The fourth-order valence-electron chi connectivity index (χ4n) is 1.72. The predicted octanol–water partition coefficient (Wildman–Crippen LogP) is 1.64. The van der Waals surface area contributed by atoms with E-state index in [4.69, 9.17) is 9.63 Å². The average Bonchev–Trinajstić information content (AvgIpc) is 2.84. The summed E-state index contributed by atoms with van der Waals surface area (Å²) < 4.78 is 4.80. The molecule has 1 aromatic heterocycles. The van der Waals surface area contributed by atoms with Crippen LogP contribution in [-0.2, 0) is 6.42 Å². The molecular formula is C12H12N4O5. The van der Waals surface area contributed by atoms with Crippen molar-refractivity contribution in [1.82, 2.24) is 10.1 Å². The number of nitrogens with one attached hydrogen (secondary N) is 1. The smallest absolute Gasteiger partial charge is 0.335 e. The molecule has 1 heterocycles. The Hall–Kier alpha value is -2.97. The second kappa shape index (κ2) is 5.99. The summed E-state index contributed by atoms with van der Waals surface area (Å²) in [5, 5.41) is 26.3. The van der Waals surface area contributed by atoms with Crippen molar-refractivity contribution in [1.29, 1.82) is 0 Å². The number of hydrogen-bond acceptors (Lipinski definition) is 7. The number of anilines is 1. The molecule has 0 fully saturated rings. The second-order valence-corrected chi connectivity index (χ2v) is 4.20. The maximum atomic E-state index is 10.9. The molecule has 0 spiro atoms. The molecule has 0 atom stereocenters. The lowest BCUT2D eigenvalue weighted by atomic mass is 10.1. The molecule has 0 unspecified atom stereocenters. The zero-order valence-electron chi connectivity index (χ0n) is 11.1. The number of nitrogens with zero attached hydrogens (tertiary/aromatic N) is 3. The molecule has 0 saturated carbocycles. The van der Waals surface area contributed by atoms with E-state index in [2.05, 4.69) is 15.5 Å². The van der Waals surface area contributed by atoms with Gasteiger partial charge in [-0.2, -0.15) is 4.98 Å². The lowest BCUT2D eigenvalue weighted by Crippen LogP contribution is -2.09. The highest BCUT2D eigenvalue weighted by Gasteiger charge is 2.16. The number of aryl methyl sites for hydroxylation is 1. The third-order valence-electron chi connectivity index (χ3n) is 2.67. The van der Waals surface area contributed by atoms with Crippen LogP contribution in [0.5, 0.6) is 0 Å². The normalized spacial score (nSPS) is 10.3. The molecule has 110 valence electrons. The molecule has 0 radical (unpaired) electrons. The fourth-order valence-corrected chi connectivity index (χ4v) is 1.72. The Morgan fingerprint density at radius 1 is 1.52 bits per heavy atom. The Kier molecular flexibility index (Phi) is 4.12. The highest BCUT2D eigenvalue weighted by Crippen LogP contribution is 2.25. The topological polar surface area (TPSA) is 131 Å². The fraction of sp³-hybridized carbons (Fsp3) is 0.250. The number of hydrogen-bond donors (Lipinski definition) is 2. The number of nitro groups is 1.